The van der Waals surface area contributed by atoms with Gasteiger partial charge in [0.1, 0.15) is 5.75 Å². The molecule has 4 nitrogen and oxygen atoms in total. The van der Waals surface area contributed by atoms with Crippen LogP contribution in [0.5, 0.6) is 11.5 Å². The highest BCUT2D eigenvalue weighted by molar-refractivity contribution is 5.30. The molecule has 2 N–H and O–H groups in total. The largest absolute Gasteiger partial charge is 0.494 e. The number of rotatable bonds is 8. The fourth-order valence-electron chi connectivity index (χ4n) is 2.33. The molecule has 2 aromatic carbocycles. The first-order chi connectivity index (χ1) is 11.5. The van der Waals surface area contributed by atoms with Crippen LogP contribution in [0.4, 0.5) is 4.39 Å². The van der Waals surface area contributed by atoms with Crippen molar-refractivity contribution in [2.24, 2.45) is 0 Å². The van der Waals surface area contributed by atoms with Gasteiger partial charge in [0.15, 0.2) is 11.6 Å². The Hall–Kier alpha value is -2.11. The van der Waals surface area contributed by atoms with E-state index in [1.54, 1.807) is 12.1 Å². The molecule has 2 rings (SSSR count). The molecule has 130 valence electrons. The molecule has 0 aliphatic rings. The normalized spacial score (nSPS) is 12.2. The number of nitrogens with one attached hydrogen (secondary N) is 1. The van der Waals surface area contributed by atoms with E-state index in [0.717, 1.165) is 16.9 Å². The molecular formula is C19H24FNO3. The van der Waals surface area contributed by atoms with E-state index in [9.17, 15) is 9.50 Å². The van der Waals surface area contributed by atoms with E-state index in [2.05, 4.69) is 5.32 Å². The number of aliphatic hydroxyl groups is 1. The maximum Gasteiger partial charge on any atom is 0.165 e. The van der Waals surface area contributed by atoms with Gasteiger partial charge in [-0.05, 0) is 49.2 Å². The molecule has 5 heteroatoms. The van der Waals surface area contributed by atoms with Gasteiger partial charge in [-0.15, -0.1) is 0 Å². The van der Waals surface area contributed by atoms with E-state index in [4.69, 9.17) is 9.47 Å². The first-order valence-electron chi connectivity index (χ1n) is 7.97. The molecule has 0 bridgehead atoms. The van der Waals surface area contributed by atoms with E-state index in [1.807, 2.05) is 38.1 Å². The second-order valence-corrected chi connectivity index (χ2v) is 5.85. The number of hydrogen-bond acceptors (Lipinski definition) is 4. The van der Waals surface area contributed by atoms with Crippen LogP contribution in [0.15, 0.2) is 42.5 Å². The Labute approximate surface area is 142 Å². The maximum absolute atomic E-state index is 13.6. The Bertz CT molecular complexity index is 644. The van der Waals surface area contributed by atoms with Crippen molar-refractivity contribution in [3.63, 3.8) is 0 Å². The zero-order valence-electron chi connectivity index (χ0n) is 14.3. The number of methoxy groups -OCH3 is 1. The number of hydrogen-bond donors (Lipinski definition) is 2. The van der Waals surface area contributed by atoms with Gasteiger partial charge in [0.2, 0.25) is 0 Å². The van der Waals surface area contributed by atoms with E-state index in [-0.39, 0.29) is 11.9 Å². The molecule has 0 radical (unpaired) electrons. The molecule has 0 amide bonds. The average Bonchev–Trinajstić information content (AvgIpc) is 2.55. The molecule has 1 atom stereocenters. The lowest BCUT2D eigenvalue weighted by Gasteiger charge is -2.14. The van der Waals surface area contributed by atoms with Crippen LogP contribution in [-0.4, -0.2) is 24.9 Å². The summed E-state index contributed by atoms with van der Waals surface area (Å²) in [7, 11) is 1.43. The molecule has 1 unspecified atom stereocenters. The van der Waals surface area contributed by atoms with Gasteiger partial charge in [-0.2, -0.15) is 0 Å². The third kappa shape index (κ3) is 5.22. The Morgan fingerprint density at radius 1 is 1.12 bits per heavy atom. The smallest absolute Gasteiger partial charge is 0.165 e. The summed E-state index contributed by atoms with van der Waals surface area (Å²) in [5.74, 6) is 0.614. The fraction of sp³-hybridized carbons (Fsp3) is 0.368. The summed E-state index contributed by atoms with van der Waals surface area (Å²) in [5, 5.41) is 13.3. The van der Waals surface area contributed by atoms with Crippen LogP contribution < -0.4 is 14.8 Å². The summed E-state index contributed by atoms with van der Waals surface area (Å²) in [4.78, 5) is 0. The summed E-state index contributed by atoms with van der Waals surface area (Å²) in [6.07, 6.45) is -0.520. The van der Waals surface area contributed by atoms with Crippen LogP contribution in [0.25, 0.3) is 0 Å². The van der Waals surface area contributed by atoms with Crippen molar-refractivity contribution in [1.82, 2.24) is 5.32 Å². The quantitative estimate of drug-likeness (QED) is 0.777. The second kappa shape index (κ2) is 8.66. The molecule has 24 heavy (non-hydrogen) atoms. The van der Waals surface area contributed by atoms with Gasteiger partial charge in [-0.1, -0.05) is 18.2 Å². The van der Waals surface area contributed by atoms with Crippen LogP contribution in [-0.2, 0) is 6.54 Å². The van der Waals surface area contributed by atoms with Crippen LogP contribution >= 0.6 is 0 Å². The van der Waals surface area contributed by atoms with Gasteiger partial charge >= 0.3 is 0 Å². The summed E-state index contributed by atoms with van der Waals surface area (Å²) >= 11 is 0. The van der Waals surface area contributed by atoms with Crippen LogP contribution in [0.1, 0.15) is 31.1 Å². The summed E-state index contributed by atoms with van der Waals surface area (Å²) in [6, 6.07) is 12.2. The minimum atomic E-state index is -0.638. The molecule has 0 aromatic heterocycles. The minimum Gasteiger partial charge on any atom is -0.494 e. The third-order valence-corrected chi connectivity index (χ3v) is 3.52. The lowest BCUT2D eigenvalue weighted by molar-refractivity contribution is 0.174. The van der Waals surface area contributed by atoms with Crippen molar-refractivity contribution in [1.29, 1.82) is 0 Å². The molecule has 0 spiro atoms. The first kappa shape index (κ1) is 18.2. The van der Waals surface area contributed by atoms with Crippen LogP contribution in [0.3, 0.4) is 0 Å². The highest BCUT2D eigenvalue weighted by atomic mass is 19.1. The van der Waals surface area contributed by atoms with Gasteiger partial charge < -0.3 is 19.9 Å². The van der Waals surface area contributed by atoms with Crippen molar-refractivity contribution in [3.05, 3.63) is 59.4 Å². The summed E-state index contributed by atoms with van der Waals surface area (Å²) < 4.78 is 24.1. The molecule has 0 aliphatic carbocycles. The van der Waals surface area contributed by atoms with Gasteiger partial charge in [-0.3, -0.25) is 0 Å². The van der Waals surface area contributed by atoms with E-state index < -0.39 is 11.9 Å². The number of halogens is 1. The second-order valence-electron chi connectivity index (χ2n) is 5.85. The van der Waals surface area contributed by atoms with E-state index in [1.165, 1.54) is 13.2 Å². The lowest BCUT2D eigenvalue weighted by atomic mass is 10.1. The van der Waals surface area contributed by atoms with Gasteiger partial charge in [0, 0.05) is 13.1 Å². The van der Waals surface area contributed by atoms with E-state index >= 15 is 0 Å². The zero-order valence-corrected chi connectivity index (χ0v) is 14.3. The molecule has 0 saturated heterocycles. The van der Waals surface area contributed by atoms with Crippen LogP contribution in [0, 0.1) is 5.82 Å². The molecule has 2 aromatic rings. The predicted octanol–water partition coefficient (Wildman–Crippen LogP) is 3.44. The Kier molecular flexibility index (Phi) is 6.58. The van der Waals surface area contributed by atoms with E-state index in [0.29, 0.717) is 13.1 Å². The average molecular weight is 333 g/mol. The number of benzene rings is 2. The maximum atomic E-state index is 13.6. The number of ether oxygens (including phenoxy) is 2. The highest BCUT2D eigenvalue weighted by Crippen LogP contribution is 2.19. The topological polar surface area (TPSA) is 50.7 Å². The minimum absolute atomic E-state index is 0.118. The highest BCUT2D eigenvalue weighted by Gasteiger charge is 2.08. The summed E-state index contributed by atoms with van der Waals surface area (Å²) in [6.45, 7) is 4.77. The number of aliphatic hydroxyl groups excluding tert-OH is 1. The zero-order chi connectivity index (χ0) is 17.5. The first-order valence-corrected chi connectivity index (χ1v) is 7.97. The molecular weight excluding hydrogens is 309 g/mol. The van der Waals surface area contributed by atoms with Crippen molar-refractivity contribution < 1.29 is 19.0 Å². The summed E-state index contributed by atoms with van der Waals surface area (Å²) in [5.41, 5.74) is 1.60. The predicted molar refractivity (Wildman–Crippen MR) is 91.8 cm³/mol. The molecule has 0 heterocycles. The molecule has 0 saturated carbocycles. The van der Waals surface area contributed by atoms with Gasteiger partial charge in [0.25, 0.3) is 0 Å². The lowest BCUT2D eigenvalue weighted by Crippen LogP contribution is -2.21. The van der Waals surface area contributed by atoms with Crippen molar-refractivity contribution in [2.75, 3.05) is 13.7 Å². The van der Waals surface area contributed by atoms with Gasteiger partial charge in [-0.25, -0.2) is 4.39 Å². The Morgan fingerprint density at radius 3 is 2.42 bits per heavy atom. The fourth-order valence-corrected chi connectivity index (χ4v) is 2.33. The SMILES string of the molecule is COc1ccc(CNCC(O)c2ccc(OC(C)C)cc2)cc1F. The Balaban J connectivity index is 1.84. The molecule has 0 aliphatic heterocycles. The molecule has 0 fully saturated rings. The van der Waals surface area contributed by atoms with Crippen molar-refractivity contribution >= 4 is 0 Å². The van der Waals surface area contributed by atoms with Crippen molar-refractivity contribution in [2.45, 2.75) is 32.6 Å². The monoisotopic (exact) mass is 333 g/mol. The van der Waals surface area contributed by atoms with Gasteiger partial charge in [0.05, 0.1) is 19.3 Å². The standard InChI is InChI=1S/C19H24FNO3/c1-13(2)24-16-7-5-15(6-8-16)18(22)12-21-11-14-4-9-19(23-3)17(20)10-14/h4-10,13,18,21-22H,11-12H2,1-3H3. The van der Waals surface area contributed by atoms with Crippen LogP contribution in [0.2, 0.25) is 0 Å². The van der Waals surface area contributed by atoms with Crippen molar-refractivity contribution in [3.8, 4) is 11.5 Å². The third-order valence-electron chi connectivity index (χ3n) is 3.52. The Morgan fingerprint density at radius 2 is 1.83 bits per heavy atom.